The summed E-state index contributed by atoms with van der Waals surface area (Å²) in [6.07, 6.45) is 0.699. The molecule has 0 aliphatic rings. The molecule has 0 unspecified atom stereocenters. The van der Waals surface area contributed by atoms with Crippen LogP contribution in [0.4, 0.5) is 11.7 Å². The first-order chi connectivity index (χ1) is 12.7. The molecule has 0 amide bonds. The van der Waals surface area contributed by atoms with Crippen LogP contribution in [0.2, 0.25) is 0 Å². The number of aromatic nitrogens is 3. The van der Waals surface area contributed by atoms with Crippen LogP contribution in [0.15, 0.2) is 55.9 Å². The molecule has 0 spiro atoms. The highest BCUT2D eigenvalue weighted by molar-refractivity contribution is 9.10. The third-order valence-electron chi connectivity index (χ3n) is 3.74. The number of halogens is 1. The summed E-state index contributed by atoms with van der Waals surface area (Å²) in [6, 6.07) is 19.3. The highest BCUT2D eigenvalue weighted by Crippen LogP contribution is 2.34. The summed E-state index contributed by atoms with van der Waals surface area (Å²) in [7, 11) is 0. The van der Waals surface area contributed by atoms with Crippen LogP contribution in [0.1, 0.15) is 12.6 Å². The Morgan fingerprint density at radius 2 is 2.00 bits per heavy atom. The number of rotatable bonds is 5. The van der Waals surface area contributed by atoms with E-state index in [-0.39, 0.29) is 6.01 Å². The second-order valence-corrected chi connectivity index (χ2v) is 6.36. The summed E-state index contributed by atoms with van der Waals surface area (Å²) < 4.78 is 12.2. The van der Waals surface area contributed by atoms with Gasteiger partial charge in [-0.1, -0.05) is 51.3 Å². The molecule has 7 heteroatoms. The fourth-order valence-electron chi connectivity index (χ4n) is 2.46. The Morgan fingerprint density at radius 1 is 1.15 bits per heavy atom. The van der Waals surface area contributed by atoms with E-state index in [1.54, 1.807) is 6.07 Å². The maximum atomic E-state index is 5.69. The Labute approximate surface area is 158 Å². The molecule has 0 fully saturated rings. The van der Waals surface area contributed by atoms with Crippen molar-refractivity contribution in [3.63, 3.8) is 0 Å². The summed E-state index contributed by atoms with van der Waals surface area (Å²) in [5, 5.41) is 15.4. The van der Waals surface area contributed by atoms with Crippen LogP contribution in [-0.4, -0.2) is 15.4 Å². The van der Waals surface area contributed by atoms with E-state index in [4.69, 9.17) is 8.94 Å². The van der Waals surface area contributed by atoms with Crippen LogP contribution in [0.25, 0.3) is 22.8 Å². The number of aryl methyl sites for hydroxylation is 1. The van der Waals surface area contributed by atoms with Crippen molar-refractivity contribution in [2.75, 3.05) is 5.32 Å². The van der Waals surface area contributed by atoms with Gasteiger partial charge < -0.3 is 14.3 Å². The lowest BCUT2D eigenvalue weighted by atomic mass is 10.1. The predicted octanol–water partition coefficient (Wildman–Crippen LogP) is 5.06. The van der Waals surface area contributed by atoms with Gasteiger partial charge in [0.05, 0.1) is 5.56 Å². The third-order valence-corrected chi connectivity index (χ3v) is 4.27. The Kier molecular flexibility index (Phi) is 4.42. The van der Waals surface area contributed by atoms with E-state index in [1.807, 2.05) is 43.3 Å². The second-order valence-electron chi connectivity index (χ2n) is 5.44. The van der Waals surface area contributed by atoms with E-state index in [0.717, 1.165) is 15.7 Å². The van der Waals surface area contributed by atoms with Crippen molar-refractivity contribution in [2.45, 2.75) is 13.3 Å². The van der Waals surface area contributed by atoms with Crippen molar-refractivity contribution in [1.29, 1.82) is 0 Å². The van der Waals surface area contributed by atoms with Gasteiger partial charge in [0.25, 0.3) is 5.89 Å². The van der Waals surface area contributed by atoms with Gasteiger partial charge in [0.15, 0.2) is 5.76 Å². The molecule has 6 nitrogen and oxygen atoms in total. The van der Waals surface area contributed by atoms with Crippen molar-refractivity contribution in [3.8, 4) is 22.8 Å². The Hall–Kier alpha value is -3.11. The predicted molar refractivity (Wildman–Crippen MR) is 99.7 cm³/mol. The summed E-state index contributed by atoms with van der Waals surface area (Å²) in [5.41, 5.74) is 3.08. The van der Waals surface area contributed by atoms with Gasteiger partial charge in [-0.15, -0.1) is 5.10 Å². The zero-order chi connectivity index (χ0) is 17.9. The van der Waals surface area contributed by atoms with Gasteiger partial charge in [0.1, 0.15) is 11.4 Å². The molecule has 1 N–H and O–H groups in total. The molecule has 128 valence electrons. The molecular formula is C19H13BrN4O2. The lowest BCUT2D eigenvalue weighted by Crippen LogP contribution is -1.95. The SMILES string of the molecule is CCc1noc(-c2ccc(Br)cc2)c1Nc1nnc(-c2c#cccc2)o1. The van der Waals surface area contributed by atoms with Crippen LogP contribution >= 0.6 is 15.9 Å². The van der Waals surface area contributed by atoms with Crippen molar-refractivity contribution >= 4 is 27.6 Å². The minimum absolute atomic E-state index is 0.258. The minimum Gasteiger partial charge on any atom is -0.402 e. The van der Waals surface area contributed by atoms with Crippen LogP contribution in [0.3, 0.4) is 0 Å². The number of nitrogens with zero attached hydrogens (tertiary/aromatic N) is 3. The molecule has 0 atom stereocenters. The fraction of sp³-hybridized carbons (Fsp3) is 0.105. The van der Waals surface area contributed by atoms with Gasteiger partial charge in [-0.25, -0.2) is 0 Å². The van der Waals surface area contributed by atoms with Gasteiger partial charge >= 0.3 is 6.01 Å². The van der Waals surface area contributed by atoms with Crippen molar-refractivity contribution in [2.24, 2.45) is 0 Å². The van der Waals surface area contributed by atoms with E-state index in [0.29, 0.717) is 29.3 Å². The zero-order valence-electron chi connectivity index (χ0n) is 13.8. The van der Waals surface area contributed by atoms with E-state index in [9.17, 15) is 0 Å². The number of anilines is 2. The first kappa shape index (κ1) is 16.4. The highest BCUT2D eigenvalue weighted by atomic mass is 79.9. The minimum atomic E-state index is 0.258. The Bertz CT molecular complexity index is 1010. The topological polar surface area (TPSA) is 77.0 Å². The molecule has 0 aliphatic heterocycles. The standard InChI is InChI=1S/C19H13BrN4O2/c1-2-15-16(17(26-24-15)12-8-10-14(20)11-9-12)21-19-23-22-18(25-19)13-6-4-3-5-7-13/h3-4,6,8-11H,2H2,1H3,(H,21,23). The molecule has 0 saturated heterocycles. The number of benzene rings is 1. The van der Waals surface area contributed by atoms with Crippen LogP contribution in [0.5, 0.6) is 0 Å². The van der Waals surface area contributed by atoms with Gasteiger partial charge in [0.2, 0.25) is 0 Å². The molecule has 26 heavy (non-hydrogen) atoms. The first-order valence-electron chi connectivity index (χ1n) is 7.98. The molecule has 2 heterocycles. The third kappa shape index (κ3) is 3.19. The number of nitrogens with one attached hydrogen (secondary N) is 1. The van der Waals surface area contributed by atoms with Crippen molar-refractivity contribution < 1.29 is 8.94 Å². The number of hydrogen-bond acceptors (Lipinski definition) is 6. The van der Waals surface area contributed by atoms with Gasteiger partial charge in [0, 0.05) is 10.0 Å². The summed E-state index contributed by atoms with van der Waals surface area (Å²) in [6.45, 7) is 2.00. The molecule has 2 aromatic heterocycles. The number of hydrogen-bond donors (Lipinski definition) is 1. The Morgan fingerprint density at radius 3 is 2.73 bits per heavy atom. The molecule has 0 bridgehead atoms. The second kappa shape index (κ2) is 7.02. The maximum absolute atomic E-state index is 5.69. The lowest BCUT2D eigenvalue weighted by Gasteiger charge is -2.03. The van der Waals surface area contributed by atoms with Gasteiger partial charge in [-0.3, -0.25) is 0 Å². The van der Waals surface area contributed by atoms with Crippen molar-refractivity contribution in [1.82, 2.24) is 15.4 Å². The largest absolute Gasteiger partial charge is 0.402 e. The van der Waals surface area contributed by atoms with E-state index in [1.165, 1.54) is 0 Å². The summed E-state index contributed by atoms with van der Waals surface area (Å²) >= 11 is 3.43. The molecule has 0 radical (unpaired) electrons. The average molecular weight is 409 g/mol. The zero-order valence-corrected chi connectivity index (χ0v) is 15.4. The molecule has 2 aromatic carbocycles. The summed E-state index contributed by atoms with van der Waals surface area (Å²) in [4.78, 5) is 0. The lowest BCUT2D eigenvalue weighted by molar-refractivity contribution is 0.424. The molecular weight excluding hydrogens is 396 g/mol. The summed E-state index contributed by atoms with van der Waals surface area (Å²) in [5.74, 6) is 0.984. The molecule has 0 saturated carbocycles. The molecule has 0 aliphatic carbocycles. The normalized spacial score (nSPS) is 10.5. The fourth-order valence-corrected chi connectivity index (χ4v) is 2.72. The van der Waals surface area contributed by atoms with Crippen LogP contribution in [0, 0.1) is 12.1 Å². The van der Waals surface area contributed by atoms with E-state index >= 15 is 0 Å². The molecule has 4 rings (SSSR count). The maximum Gasteiger partial charge on any atom is 0.320 e. The van der Waals surface area contributed by atoms with Crippen molar-refractivity contribution in [3.05, 3.63) is 64.8 Å². The van der Waals surface area contributed by atoms with E-state index in [2.05, 4.69) is 48.7 Å². The van der Waals surface area contributed by atoms with Crippen LogP contribution < -0.4 is 5.32 Å². The van der Waals surface area contributed by atoms with Crippen LogP contribution in [-0.2, 0) is 6.42 Å². The van der Waals surface area contributed by atoms with E-state index < -0.39 is 0 Å². The quantitative estimate of drug-likeness (QED) is 0.497. The first-order valence-corrected chi connectivity index (χ1v) is 8.77. The van der Waals surface area contributed by atoms with Gasteiger partial charge in [-0.2, -0.15) is 0 Å². The Balaban J connectivity index is 1.67. The smallest absolute Gasteiger partial charge is 0.320 e. The van der Waals surface area contributed by atoms with Gasteiger partial charge in [-0.05, 0) is 42.8 Å². The monoisotopic (exact) mass is 408 g/mol. The molecule has 4 aromatic rings. The average Bonchev–Trinajstić information content (AvgIpc) is 3.31. The highest BCUT2D eigenvalue weighted by Gasteiger charge is 2.19.